The molecule has 0 spiro atoms. The zero-order valence-corrected chi connectivity index (χ0v) is 13.3. The van der Waals surface area contributed by atoms with E-state index in [2.05, 4.69) is 0 Å². The van der Waals surface area contributed by atoms with Gasteiger partial charge in [0.2, 0.25) is 0 Å². The van der Waals surface area contributed by atoms with Gasteiger partial charge in [0.05, 0.1) is 28.4 Å². The van der Waals surface area contributed by atoms with Crippen molar-refractivity contribution < 1.29 is 23.1 Å². The Morgan fingerprint density at radius 2 is 2.08 bits per heavy atom. The van der Waals surface area contributed by atoms with Crippen molar-refractivity contribution in [1.82, 2.24) is 4.90 Å². The number of rotatable bonds is 1. The molecule has 2 aliphatic rings. The lowest BCUT2D eigenvalue weighted by Gasteiger charge is -2.30. The highest BCUT2D eigenvalue weighted by molar-refractivity contribution is 6.33. The number of aliphatic hydroxyl groups excluding tert-OH is 1. The number of anilines is 1. The van der Waals surface area contributed by atoms with Crippen molar-refractivity contribution in [3.05, 3.63) is 28.3 Å². The quantitative estimate of drug-likeness (QED) is 0.838. The highest BCUT2D eigenvalue weighted by Gasteiger charge is 2.62. The molecule has 128 valence electrons. The SMILES string of the molecule is Cc1c(N2C(=O)N3CCC(O)[C@H]3C2C(F)(F)F)ccc(C#N)c1Cl. The van der Waals surface area contributed by atoms with Gasteiger partial charge in [0, 0.05) is 6.54 Å². The fourth-order valence-electron chi connectivity index (χ4n) is 3.43. The standard InChI is InChI=1S/C15H13ClF3N3O2/c1-7-9(3-2-8(6-20)11(7)16)22-13(15(17,18)19)12-10(23)4-5-21(12)14(22)24/h2-3,10,12-13,23H,4-5H2,1H3/t10?,12-,13?/m0/s1. The van der Waals surface area contributed by atoms with Gasteiger partial charge in [-0.1, -0.05) is 11.6 Å². The third-order valence-corrected chi connectivity index (χ3v) is 5.03. The number of halogens is 4. The molecule has 2 saturated heterocycles. The number of benzene rings is 1. The van der Waals surface area contributed by atoms with Crippen LogP contribution in [0.4, 0.5) is 23.7 Å². The van der Waals surface area contributed by atoms with E-state index in [1.807, 2.05) is 6.07 Å². The van der Waals surface area contributed by atoms with E-state index in [1.54, 1.807) is 0 Å². The number of nitriles is 1. The molecule has 24 heavy (non-hydrogen) atoms. The smallest absolute Gasteiger partial charge is 0.391 e. The predicted octanol–water partition coefficient (Wildman–Crippen LogP) is 2.83. The molecule has 0 aliphatic carbocycles. The number of carbonyl (C=O) groups is 1. The van der Waals surface area contributed by atoms with Gasteiger partial charge in [-0.15, -0.1) is 0 Å². The lowest BCUT2D eigenvalue weighted by Crippen LogP contribution is -2.51. The summed E-state index contributed by atoms with van der Waals surface area (Å²) in [7, 11) is 0. The number of hydrogen-bond acceptors (Lipinski definition) is 3. The van der Waals surface area contributed by atoms with Crippen molar-refractivity contribution in [3.8, 4) is 6.07 Å². The summed E-state index contributed by atoms with van der Waals surface area (Å²) in [6.07, 6.45) is -5.84. The van der Waals surface area contributed by atoms with Crippen molar-refractivity contribution in [3.63, 3.8) is 0 Å². The zero-order chi connectivity index (χ0) is 17.8. The van der Waals surface area contributed by atoms with Crippen LogP contribution in [-0.4, -0.2) is 46.9 Å². The minimum Gasteiger partial charge on any atom is -0.391 e. The lowest BCUT2D eigenvalue weighted by atomic mass is 10.0. The molecule has 5 nitrogen and oxygen atoms in total. The van der Waals surface area contributed by atoms with Crippen LogP contribution in [0.15, 0.2) is 12.1 Å². The van der Waals surface area contributed by atoms with Crippen LogP contribution >= 0.6 is 11.6 Å². The molecule has 2 aliphatic heterocycles. The topological polar surface area (TPSA) is 67.6 Å². The summed E-state index contributed by atoms with van der Waals surface area (Å²) in [5.74, 6) is 0. The largest absolute Gasteiger partial charge is 0.411 e. The summed E-state index contributed by atoms with van der Waals surface area (Å²) in [6.45, 7) is 1.52. The first-order chi connectivity index (χ1) is 11.2. The molecule has 1 aromatic carbocycles. The average molecular weight is 360 g/mol. The number of urea groups is 1. The Labute approximate surface area is 140 Å². The number of fused-ring (bicyclic) bond motifs is 1. The molecular formula is C15H13ClF3N3O2. The minimum atomic E-state index is -4.72. The summed E-state index contributed by atoms with van der Waals surface area (Å²) >= 11 is 6.03. The fraction of sp³-hybridized carbons (Fsp3) is 0.467. The highest BCUT2D eigenvalue weighted by Crippen LogP contribution is 2.44. The van der Waals surface area contributed by atoms with E-state index in [-0.39, 0.29) is 34.8 Å². The van der Waals surface area contributed by atoms with E-state index < -0.39 is 30.4 Å². The Morgan fingerprint density at radius 3 is 2.67 bits per heavy atom. The van der Waals surface area contributed by atoms with Crippen molar-refractivity contribution >= 4 is 23.3 Å². The van der Waals surface area contributed by atoms with Gasteiger partial charge in [-0.05, 0) is 31.0 Å². The molecule has 0 radical (unpaired) electrons. The number of alkyl halides is 3. The molecule has 1 aromatic rings. The first kappa shape index (κ1) is 16.9. The first-order valence-electron chi connectivity index (χ1n) is 7.22. The Bertz CT molecular complexity index is 747. The third kappa shape index (κ3) is 2.31. The molecule has 2 heterocycles. The van der Waals surface area contributed by atoms with Gasteiger partial charge in [-0.25, -0.2) is 4.79 Å². The maximum atomic E-state index is 13.6. The summed E-state index contributed by atoms with van der Waals surface area (Å²) in [5.41, 5.74) is 0.329. The highest BCUT2D eigenvalue weighted by atomic mass is 35.5. The minimum absolute atomic E-state index is 0.00655. The van der Waals surface area contributed by atoms with E-state index in [1.165, 1.54) is 19.1 Å². The van der Waals surface area contributed by atoms with Crippen molar-refractivity contribution in [1.29, 1.82) is 5.26 Å². The van der Waals surface area contributed by atoms with Crippen molar-refractivity contribution in [2.45, 2.75) is 37.7 Å². The van der Waals surface area contributed by atoms with Crippen molar-refractivity contribution in [2.24, 2.45) is 0 Å². The summed E-state index contributed by atoms with van der Waals surface area (Å²) in [6, 6.07) is 0.0910. The van der Waals surface area contributed by atoms with Crippen LogP contribution in [0.25, 0.3) is 0 Å². The van der Waals surface area contributed by atoms with Crippen LogP contribution in [0.1, 0.15) is 17.5 Å². The molecule has 9 heteroatoms. The van der Waals surface area contributed by atoms with E-state index in [0.717, 1.165) is 4.90 Å². The second kappa shape index (κ2) is 5.53. The average Bonchev–Trinajstić information content (AvgIpc) is 3.01. The molecule has 2 fully saturated rings. The normalized spacial score (nSPS) is 26.7. The number of amides is 2. The van der Waals surface area contributed by atoms with Gasteiger partial charge >= 0.3 is 12.2 Å². The van der Waals surface area contributed by atoms with Crippen molar-refractivity contribution in [2.75, 3.05) is 11.4 Å². The molecular weight excluding hydrogens is 347 g/mol. The van der Waals surface area contributed by atoms with Gasteiger partial charge in [0.15, 0.2) is 6.04 Å². The Balaban J connectivity index is 2.14. The first-order valence-corrected chi connectivity index (χ1v) is 7.60. The molecule has 0 aromatic heterocycles. The van der Waals surface area contributed by atoms with Gasteiger partial charge in [-0.2, -0.15) is 18.4 Å². The van der Waals surface area contributed by atoms with Crippen LogP contribution < -0.4 is 4.90 Å². The lowest BCUT2D eigenvalue weighted by molar-refractivity contribution is -0.156. The summed E-state index contributed by atoms with van der Waals surface area (Å²) in [5, 5.41) is 18.9. The van der Waals surface area contributed by atoms with Crippen LogP contribution in [0.3, 0.4) is 0 Å². The molecule has 2 amide bonds. The molecule has 2 unspecified atom stereocenters. The maximum absolute atomic E-state index is 13.6. The predicted molar refractivity (Wildman–Crippen MR) is 79.7 cm³/mol. The molecule has 3 atom stereocenters. The van der Waals surface area contributed by atoms with Crippen LogP contribution in [0, 0.1) is 18.3 Å². The number of hydrogen-bond donors (Lipinski definition) is 1. The second-order valence-corrected chi connectivity index (χ2v) is 6.24. The Morgan fingerprint density at radius 1 is 1.42 bits per heavy atom. The molecule has 1 N–H and O–H groups in total. The van der Waals surface area contributed by atoms with Gasteiger partial charge in [-0.3, -0.25) is 4.90 Å². The van der Waals surface area contributed by atoms with Gasteiger partial charge in [0.1, 0.15) is 6.07 Å². The zero-order valence-electron chi connectivity index (χ0n) is 12.5. The van der Waals surface area contributed by atoms with Crippen LogP contribution in [0.5, 0.6) is 0 Å². The number of nitrogens with zero attached hydrogens (tertiary/aromatic N) is 3. The van der Waals surface area contributed by atoms with E-state index in [9.17, 15) is 23.1 Å². The number of aliphatic hydroxyl groups is 1. The van der Waals surface area contributed by atoms with Crippen LogP contribution in [0.2, 0.25) is 5.02 Å². The van der Waals surface area contributed by atoms with E-state index in [0.29, 0.717) is 4.90 Å². The van der Waals surface area contributed by atoms with E-state index in [4.69, 9.17) is 16.9 Å². The third-order valence-electron chi connectivity index (χ3n) is 4.55. The molecule has 0 saturated carbocycles. The second-order valence-electron chi connectivity index (χ2n) is 5.86. The monoisotopic (exact) mass is 359 g/mol. The maximum Gasteiger partial charge on any atom is 0.411 e. The fourth-order valence-corrected chi connectivity index (χ4v) is 3.63. The van der Waals surface area contributed by atoms with Gasteiger partial charge in [0.25, 0.3) is 0 Å². The Kier molecular flexibility index (Phi) is 3.89. The Hall–Kier alpha value is -1.98. The van der Waals surface area contributed by atoms with Gasteiger partial charge < -0.3 is 10.0 Å². The summed E-state index contributed by atoms with van der Waals surface area (Å²) < 4.78 is 40.9. The van der Waals surface area contributed by atoms with Crippen LogP contribution in [-0.2, 0) is 0 Å². The van der Waals surface area contributed by atoms with E-state index >= 15 is 0 Å². The number of carbonyl (C=O) groups excluding carboxylic acids is 1. The molecule has 0 bridgehead atoms. The molecule has 3 rings (SSSR count). The summed E-state index contributed by atoms with van der Waals surface area (Å²) in [4.78, 5) is 14.2.